The normalized spacial score (nSPS) is 16.9. The summed E-state index contributed by atoms with van der Waals surface area (Å²) in [5.41, 5.74) is 2.54. The maximum absolute atomic E-state index is 7.60. The summed E-state index contributed by atoms with van der Waals surface area (Å²) in [7, 11) is 0. The maximum Gasteiger partial charge on any atom is 0.121 e. The molecule has 0 bridgehead atoms. The van der Waals surface area contributed by atoms with Gasteiger partial charge in [0.05, 0.1) is 5.36 Å². The van der Waals surface area contributed by atoms with Crippen molar-refractivity contribution in [3.63, 3.8) is 0 Å². The van der Waals surface area contributed by atoms with Gasteiger partial charge in [0.15, 0.2) is 0 Å². The molecule has 78 valence electrons. The molecular formula is C14H12N2. The van der Waals surface area contributed by atoms with Gasteiger partial charge in [-0.1, -0.05) is 36.4 Å². The third kappa shape index (κ3) is 1.43. The van der Waals surface area contributed by atoms with Crippen molar-refractivity contribution in [3.8, 4) is 0 Å². The van der Waals surface area contributed by atoms with Crippen LogP contribution in [-0.2, 0) is 6.42 Å². The monoisotopic (exact) mass is 208 g/mol. The average Bonchev–Trinajstić information content (AvgIpc) is 2.53. The van der Waals surface area contributed by atoms with E-state index in [0.29, 0.717) is 5.84 Å². The minimum atomic E-state index is 0.493. The lowest BCUT2D eigenvalue weighted by Crippen LogP contribution is -2.25. The summed E-state index contributed by atoms with van der Waals surface area (Å²) in [5, 5.41) is 9.81. The Morgan fingerprint density at radius 3 is 2.94 bits per heavy atom. The highest BCUT2D eigenvalue weighted by Crippen LogP contribution is 2.10. The van der Waals surface area contributed by atoms with Crippen LogP contribution in [0.15, 0.2) is 35.4 Å². The summed E-state index contributed by atoms with van der Waals surface area (Å²) in [6, 6.07) is 4.10. The molecule has 16 heavy (non-hydrogen) atoms. The molecule has 0 saturated heterocycles. The van der Waals surface area contributed by atoms with Crippen LogP contribution >= 0.6 is 0 Å². The predicted octanol–water partition coefficient (Wildman–Crippen LogP) is 1.59. The van der Waals surface area contributed by atoms with Crippen molar-refractivity contribution >= 4 is 18.0 Å². The van der Waals surface area contributed by atoms with Crippen molar-refractivity contribution < 1.29 is 0 Å². The molecule has 2 heteroatoms. The molecule has 2 nitrogen and oxygen atoms in total. The molecule has 0 spiro atoms. The first-order chi connectivity index (χ1) is 7.84. The average molecular weight is 208 g/mol. The molecule has 1 N–H and O–H groups in total. The van der Waals surface area contributed by atoms with Gasteiger partial charge in [0, 0.05) is 6.42 Å². The Labute approximate surface area is 93.9 Å². The van der Waals surface area contributed by atoms with Gasteiger partial charge in [-0.3, -0.25) is 5.41 Å². The molecule has 1 aromatic rings. The lowest BCUT2D eigenvalue weighted by Gasteiger charge is -2.11. The topological polar surface area (TPSA) is 36.2 Å². The Kier molecular flexibility index (Phi) is 2.07. The van der Waals surface area contributed by atoms with E-state index in [1.807, 2.05) is 12.1 Å². The molecule has 1 aliphatic heterocycles. The van der Waals surface area contributed by atoms with Gasteiger partial charge in [-0.05, 0) is 28.8 Å². The van der Waals surface area contributed by atoms with E-state index in [1.54, 1.807) is 0 Å². The van der Waals surface area contributed by atoms with Crippen LogP contribution in [-0.4, -0.2) is 5.84 Å². The lowest BCUT2D eigenvalue weighted by molar-refractivity contribution is 0.948. The summed E-state index contributed by atoms with van der Waals surface area (Å²) in [6.45, 7) is 0. The molecule has 3 rings (SSSR count). The van der Waals surface area contributed by atoms with Gasteiger partial charge in [-0.25, -0.2) is 4.99 Å². The van der Waals surface area contributed by atoms with Gasteiger partial charge >= 0.3 is 0 Å². The summed E-state index contributed by atoms with van der Waals surface area (Å²) in [6.07, 6.45) is 12.1. The zero-order valence-electron chi connectivity index (χ0n) is 8.90. The Hall–Kier alpha value is -1.96. The van der Waals surface area contributed by atoms with Crippen molar-refractivity contribution in [1.82, 2.24) is 0 Å². The van der Waals surface area contributed by atoms with Crippen LogP contribution in [0.3, 0.4) is 0 Å². The minimum Gasteiger partial charge on any atom is -0.287 e. The second-order valence-electron chi connectivity index (χ2n) is 4.04. The zero-order chi connectivity index (χ0) is 11.0. The Bertz CT molecular complexity index is 633. The van der Waals surface area contributed by atoms with E-state index in [0.717, 1.165) is 18.2 Å². The number of hydrogen-bond acceptors (Lipinski definition) is 1. The number of hydrogen-bond donors (Lipinski definition) is 1. The largest absolute Gasteiger partial charge is 0.287 e. The molecule has 0 amide bonds. The summed E-state index contributed by atoms with van der Waals surface area (Å²) in [5.74, 6) is 0.493. The first kappa shape index (κ1) is 9.28. The lowest BCUT2D eigenvalue weighted by atomic mass is 9.97. The van der Waals surface area contributed by atoms with Crippen LogP contribution in [0.25, 0.3) is 12.2 Å². The third-order valence-corrected chi connectivity index (χ3v) is 2.99. The molecule has 1 aliphatic carbocycles. The van der Waals surface area contributed by atoms with Gasteiger partial charge in [-0.2, -0.15) is 0 Å². The number of amidine groups is 1. The molecule has 0 aromatic heterocycles. The quantitative estimate of drug-likeness (QED) is 0.672. The van der Waals surface area contributed by atoms with Gasteiger partial charge < -0.3 is 0 Å². The number of allylic oxidation sites excluding steroid dienone is 3. The van der Waals surface area contributed by atoms with E-state index in [1.165, 1.54) is 16.3 Å². The van der Waals surface area contributed by atoms with Crippen LogP contribution in [0, 0.1) is 5.41 Å². The summed E-state index contributed by atoms with van der Waals surface area (Å²) < 4.78 is 0. The van der Waals surface area contributed by atoms with Crippen LogP contribution in [0.5, 0.6) is 0 Å². The highest BCUT2D eigenvalue weighted by molar-refractivity contribution is 5.81. The first-order valence-corrected chi connectivity index (χ1v) is 5.48. The Morgan fingerprint density at radius 2 is 2.00 bits per heavy atom. The van der Waals surface area contributed by atoms with Crippen molar-refractivity contribution in [2.24, 2.45) is 4.99 Å². The highest BCUT2D eigenvalue weighted by Gasteiger charge is 2.11. The van der Waals surface area contributed by atoms with Crippen molar-refractivity contribution in [3.05, 3.63) is 52.1 Å². The zero-order valence-corrected chi connectivity index (χ0v) is 8.90. The minimum absolute atomic E-state index is 0.493. The van der Waals surface area contributed by atoms with Gasteiger partial charge in [0.2, 0.25) is 0 Å². The molecule has 0 saturated carbocycles. The fraction of sp³-hybridized carbons (Fsp3) is 0.143. The number of nitrogens with zero attached hydrogens (tertiary/aromatic N) is 1. The second-order valence-corrected chi connectivity index (χ2v) is 4.04. The highest BCUT2D eigenvalue weighted by atomic mass is 14.8. The molecule has 0 fully saturated rings. The van der Waals surface area contributed by atoms with Crippen LogP contribution < -0.4 is 10.6 Å². The summed E-state index contributed by atoms with van der Waals surface area (Å²) >= 11 is 0. The fourth-order valence-corrected chi connectivity index (χ4v) is 2.20. The van der Waals surface area contributed by atoms with Crippen LogP contribution in [0.1, 0.15) is 17.5 Å². The third-order valence-electron chi connectivity index (χ3n) is 2.99. The van der Waals surface area contributed by atoms with E-state index in [2.05, 4.69) is 35.4 Å². The van der Waals surface area contributed by atoms with Crippen molar-refractivity contribution in [2.75, 3.05) is 0 Å². The smallest absolute Gasteiger partial charge is 0.121 e. The van der Waals surface area contributed by atoms with E-state index >= 15 is 0 Å². The van der Waals surface area contributed by atoms with E-state index < -0.39 is 0 Å². The standard InChI is InChI=1S/C14H12N2/c15-14-9-7-12-11-5-3-1-2-4-10(11)6-8-13(12)16-14/h1-6,8,15H,7,9H2. The number of fused-ring (bicyclic) bond motifs is 3. The first-order valence-electron chi connectivity index (χ1n) is 5.48. The van der Waals surface area contributed by atoms with E-state index in [4.69, 9.17) is 5.41 Å². The number of rotatable bonds is 0. The Balaban J connectivity index is 2.38. The molecule has 0 unspecified atom stereocenters. The van der Waals surface area contributed by atoms with Gasteiger partial charge in [0.1, 0.15) is 5.84 Å². The fourth-order valence-electron chi connectivity index (χ4n) is 2.20. The summed E-state index contributed by atoms with van der Waals surface area (Å²) in [4.78, 5) is 4.30. The predicted molar refractivity (Wildman–Crippen MR) is 65.9 cm³/mol. The second kappa shape index (κ2) is 3.56. The molecule has 0 atom stereocenters. The van der Waals surface area contributed by atoms with E-state index in [9.17, 15) is 0 Å². The molecule has 0 radical (unpaired) electrons. The number of nitrogens with one attached hydrogen (secondary N) is 1. The van der Waals surface area contributed by atoms with Crippen molar-refractivity contribution in [1.29, 1.82) is 5.41 Å². The molecule has 2 aliphatic rings. The molecule has 1 aromatic carbocycles. The molecule has 1 heterocycles. The SMILES string of the molecule is N=C1CCc2c3c(ccc2=N1)=CC=CC=C3. The van der Waals surface area contributed by atoms with E-state index in [-0.39, 0.29) is 0 Å². The number of benzene rings is 1. The molecular weight excluding hydrogens is 196 g/mol. The Morgan fingerprint density at radius 1 is 1.06 bits per heavy atom. The van der Waals surface area contributed by atoms with Crippen molar-refractivity contribution in [2.45, 2.75) is 12.8 Å². The van der Waals surface area contributed by atoms with Crippen LogP contribution in [0.4, 0.5) is 0 Å². The maximum atomic E-state index is 7.60. The van der Waals surface area contributed by atoms with Gasteiger partial charge in [-0.15, -0.1) is 0 Å². The van der Waals surface area contributed by atoms with Gasteiger partial charge in [0.25, 0.3) is 0 Å². The van der Waals surface area contributed by atoms with Crippen LogP contribution in [0.2, 0.25) is 0 Å².